The molecule has 0 aromatic carbocycles. The smallest absolute Gasteiger partial charge is 0.266 e. The van der Waals surface area contributed by atoms with E-state index in [1.165, 1.54) is 0 Å². The molecule has 3 aromatic heterocycles. The van der Waals surface area contributed by atoms with Crippen LogP contribution in [0.3, 0.4) is 0 Å². The number of aromatic amines is 1. The number of hydrogen-bond donors (Lipinski definition) is 1. The SMILES string of the molecule is CC(C)(C)c1ccc(=O)n(CC2CCN(c3ncnc4nc[nH]c34)CC2)n1. The van der Waals surface area contributed by atoms with E-state index >= 15 is 0 Å². The van der Waals surface area contributed by atoms with Crippen molar-refractivity contribution in [2.75, 3.05) is 18.0 Å². The Bertz CT molecular complexity index is 993. The van der Waals surface area contributed by atoms with Crippen LogP contribution in [-0.4, -0.2) is 42.8 Å². The summed E-state index contributed by atoms with van der Waals surface area (Å²) < 4.78 is 1.64. The number of anilines is 1. The fraction of sp³-hybridized carbons (Fsp3) is 0.526. The number of aromatic nitrogens is 6. The van der Waals surface area contributed by atoms with Gasteiger partial charge < -0.3 is 9.88 Å². The Morgan fingerprint density at radius 1 is 1.15 bits per heavy atom. The van der Waals surface area contributed by atoms with Crippen LogP contribution >= 0.6 is 0 Å². The van der Waals surface area contributed by atoms with Gasteiger partial charge >= 0.3 is 0 Å². The summed E-state index contributed by atoms with van der Waals surface area (Å²) >= 11 is 0. The summed E-state index contributed by atoms with van der Waals surface area (Å²) in [4.78, 5) is 30.5. The minimum Gasteiger partial charge on any atom is -0.355 e. The molecule has 0 bridgehead atoms. The summed E-state index contributed by atoms with van der Waals surface area (Å²) in [6.45, 7) is 8.79. The highest BCUT2D eigenvalue weighted by molar-refractivity contribution is 5.82. The molecule has 0 amide bonds. The lowest BCUT2D eigenvalue weighted by atomic mass is 9.92. The lowest BCUT2D eigenvalue weighted by molar-refractivity contribution is 0.329. The van der Waals surface area contributed by atoms with E-state index in [0.29, 0.717) is 18.1 Å². The first-order valence-electron chi connectivity index (χ1n) is 9.39. The first-order chi connectivity index (χ1) is 12.9. The van der Waals surface area contributed by atoms with E-state index < -0.39 is 0 Å². The molecular formula is C19H25N7O. The number of hydrogen-bond acceptors (Lipinski definition) is 6. The van der Waals surface area contributed by atoms with Crippen molar-refractivity contribution in [3.05, 3.63) is 40.8 Å². The Morgan fingerprint density at radius 2 is 1.93 bits per heavy atom. The third-order valence-corrected chi connectivity index (χ3v) is 5.18. The summed E-state index contributed by atoms with van der Waals surface area (Å²) in [5.41, 5.74) is 2.42. The summed E-state index contributed by atoms with van der Waals surface area (Å²) in [6, 6.07) is 3.48. The number of fused-ring (bicyclic) bond motifs is 1. The second-order valence-corrected chi connectivity index (χ2v) is 8.22. The van der Waals surface area contributed by atoms with Crippen molar-refractivity contribution in [3.8, 4) is 0 Å². The van der Waals surface area contributed by atoms with Crippen molar-refractivity contribution in [2.24, 2.45) is 5.92 Å². The van der Waals surface area contributed by atoms with E-state index in [0.717, 1.165) is 43.0 Å². The van der Waals surface area contributed by atoms with Crippen LogP contribution in [0.2, 0.25) is 0 Å². The van der Waals surface area contributed by atoms with Crippen molar-refractivity contribution in [3.63, 3.8) is 0 Å². The minimum atomic E-state index is -0.0682. The van der Waals surface area contributed by atoms with Crippen molar-refractivity contribution >= 4 is 17.0 Å². The zero-order valence-corrected chi connectivity index (χ0v) is 16.0. The van der Waals surface area contributed by atoms with Crippen LogP contribution in [0.5, 0.6) is 0 Å². The Morgan fingerprint density at radius 3 is 2.67 bits per heavy atom. The largest absolute Gasteiger partial charge is 0.355 e. The fourth-order valence-electron chi connectivity index (χ4n) is 3.54. The summed E-state index contributed by atoms with van der Waals surface area (Å²) in [5, 5.41) is 4.61. The normalized spacial score (nSPS) is 16.2. The minimum absolute atomic E-state index is 0.0274. The van der Waals surface area contributed by atoms with Gasteiger partial charge in [-0.05, 0) is 24.8 Å². The molecule has 0 spiro atoms. The maximum atomic E-state index is 12.2. The molecule has 4 heterocycles. The molecule has 8 nitrogen and oxygen atoms in total. The second-order valence-electron chi connectivity index (χ2n) is 8.22. The van der Waals surface area contributed by atoms with E-state index in [1.54, 1.807) is 23.4 Å². The van der Waals surface area contributed by atoms with Gasteiger partial charge in [0.05, 0.1) is 12.0 Å². The van der Waals surface area contributed by atoms with Gasteiger partial charge in [-0.2, -0.15) is 5.10 Å². The third-order valence-electron chi connectivity index (χ3n) is 5.18. The third kappa shape index (κ3) is 3.56. The highest BCUT2D eigenvalue weighted by Gasteiger charge is 2.24. The molecule has 0 aliphatic carbocycles. The molecule has 0 saturated carbocycles. The molecular weight excluding hydrogens is 342 g/mol. The Kier molecular flexibility index (Phi) is 4.41. The summed E-state index contributed by atoms with van der Waals surface area (Å²) in [7, 11) is 0. The van der Waals surface area contributed by atoms with Crippen LogP contribution in [0.1, 0.15) is 39.3 Å². The van der Waals surface area contributed by atoms with Crippen molar-refractivity contribution < 1.29 is 0 Å². The number of nitrogens with one attached hydrogen (secondary N) is 1. The van der Waals surface area contributed by atoms with E-state index in [9.17, 15) is 4.79 Å². The van der Waals surface area contributed by atoms with Crippen LogP contribution in [0.25, 0.3) is 11.2 Å². The predicted octanol–water partition coefficient (Wildman–Crippen LogP) is 2.12. The zero-order valence-electron chi connectivity index (χ0n) is 16.0. The highest BCUT2D eigenvalue weighted by Crippen LogP contribution is 2.26. The number of piperidine rings is 1. The number of nitrogens with zero attached hydrogens (tertiary/aromatic N) is 6. The van der Waals surface area contributed by atoms with Gasteiger partial charge in [-0.25, -0.2) is 19.6 Å². The van der Waals surface area contributed by atoms with Crippen LogP contribution in [0, 0.1) is 5.92 Å². The average molecular weight is 367 g/mol. The van der Waals surface area contributed by atoms with Gasteiger partial charge in [0.1, 0.15) is 11.8 Å². The molecule has 0 atom stereocenters. The molecule has 1 aliphatic rings. The highest BCUT2D eigenvalue weighted by atomic mass is 16.1. The molecule has 8 heteroatoms. The van der Waals surface area contributed by atoms with Crippen molar-refractivity contribution in [1.29, 1.82) is 0 Å². The van der Waals surface area contributed by atoms with Crippen molar-refractivity contribution in [2.45, 2.75) is 45.6 Å². The van der Waals surface area contributed by atoms with Crippen LogP contribution in [0.4, 0.5) is 5.82 Å². The molecule has 1 N–H and O–H groups in total. The van der Waals surface area contributed by atoms with Gasteiger partial charge in [0.15, 0.2) is 11.5 Å². The molecule has 0 unspecified atom stereocenters. The van der Waals surface area contributed by atoms with E-state index in [4.69, 9.17) is 0 Å². The quantitative estimate of drug-likeness (QED) is 0.762. The monoisotopic (exact) mass is 367 g/mol. The van der Waals surface area contributed by atoms with Gasteiger partial charge in [-0.3, -0.25) is 4.79 Å². The van der Waals surface area contributed by atoms with Gasteiger partial charge in [0.2, 0.25) is 0 Å². The number of rotatable bonds is 3. The molecule has 4 rings (SSSR count). The molecule has 142 valence electrons. The summed E-state index contributed by atoms with van der Waals surface area (Å²) in [5.74, 6) is 1.33. The number of H-pyrrole nitrogens is 1. The molecule has 1 saturated heterocycles. The second kappa shape index (κ2) is 6.75. The average Bonchev–Trinajstić information content (AvgIpc) is 3.12. The summed E-state index contributed by atoms with van der Waals surface area (Å²) in [6.07, 6.45) is 5.20. The van der Waals surface area contributed by atoms with E-state index in [1.807, 2.05) is 6.07 Å². The van der Waals surface area contributed by atoms with Gasteiger partial charge in [-0.1, -0.05) is 20.8 Å². The van der Waals surface area contributed by atoms with Gasteiger partial charge in [0, 0.05) is 31.1 Å². The Hall–Kier alpha value is -2.77. The van der Waals surface area contributed by atoms with Crippen LogP contribution < -0.4 is 10.5 Å². The first-order valence-corrected chi connectivity index (χ1v) is 9.39. The molecule has 1 aliphatic heterocycles. The maximum absolute atomic E-state index is 12.2. The molecule has 1 fully saturated rings. The zero-order chi connectivity index (χ0) is 19.0. The van der Waals surface area contributed by atoms with Gasteiger partial charge in [0.25, 0.3) is 5.56 Å². The maximum Gasteiger partial charge on any atom is 0.266 e. The van der Waals surface area contributed by atoms with Crippen molar-refractivity contribution in [1.82, 2.24) is 29.7 Å². The van der Waals surface area contributed by atoms with E-state index in [-0.39, 0.29) is 11.0 Å². The topological polar surface area (TPSA) is 92.6 Å². The fourth-order valence-corrected chi connectivity index (χ4v) is 3.54. The predicted molar refractivity (Wildman–Crippen MR) is 104 cm³/mol. The lowest BCUT2D eigenvalue weighted by Crippen LogP contribution is -2.37. The Labute approximate surface area is 157 Å². The first kappa shape index (κ1) is 17.6. The lowest BCUT2D eigenvalue weighted by Gasteiger charge is -2.33. The molecule has 0 radical (unpaired) electrons. The van der Waals surface area contributed by atoms with E-state index in [2.05, 4.69) is 50.7 Å². The van der Waals surface area contributed by atoms with Crippen LogP contribution in [-0.2, 0) is 12.0 Å². The van der Waals surface area contributed by atoms with Gasteiger partial charge in [-0.15, -0.1) is 0 Å². The Balaban J connectivity index is 1.46. The molecule has 27 heavy (non-hydrogen) atoms. The standard InChI is InChI=1S/C19H25N7O/c1-19(2,3)14-4-5-15(27)26(24-14)10-13-6-8-25(9-7-13)18-16-17(21-11-20-16)22-12-23-18/h4-5,11-13H,6-10H2,1-3H3,(H,20,21,22,23). The molecule has 3 aromatic rings. The number of imidazole rings is 1. The van der Waals surface area contributed by atoms with Crippen LogP contribution in [0.15, 0.2) is 29.6 Å².